The Labute approximate surface area is 107 Å². The summed E-state index contributed by atoms with van der Waals surface area (Å²) in [4.78, 5) is 4.04. The Balaban J connectivity index is 1.77. The van der Waals surface area contributed by atoms with Crippen LogP contribution >= 0.6 is 0 Å². The van der Waals surface area contributed by atoms with Gasteiger partial charge in [-0.1, -0.05) is 11.8 Å². The van der Waals surface area contributed by atoms with Crippen molar-refractivity contribution in [3.8, 4) is 17.6 Å². The van der Waals surface area contributed by atoms with E-state index in [-0.39, 0.29) is 13.4 Å². The third kappa shape index (κ3) is 4.74. The highest BCUT2D eigenvalue weighted by Gasteiger charge is 2.21. The molecule has 0 atom stereocenters. The van der Waals surface area contributed by atoms with Crippen molar-refractivity contribution >= 4 is 0 Å². The average molecular weight is 247 g/mol. The first-order chi connectivity index (χ1) is 8.88. The standard InChI is InChI=1S/C14H17NO3/c16-6-2-1-3-13-7-14(9-15-8-13)18-11-17-10-12-4-5-12/h7-9,12,16H,2,4-6,10-11H2. The van der Waals surface area contributed by atoms with E-state index in [1.807, 2.05) is 6.07 Å². The molecule has 0 amide bonds. The second kappa shape index (κ2) is 7.00. The number of ether oxygens (including phenoxy) is 2. The van der Waals surface area contributed by atoms with Crippen LogP contribution in [0.2, 0.25) is 0 Å². The largest absolute Gasteiger partial charge is 0.466 e. The van der Waals surface area contributed by atoms with Gasteiger partial charge < -0.3 is 14.6 Å². The Morgan fingerprint density at radius 3 is 3.06 bits per heavy atom. The van der Waals surface area contributed by atoms with E-state index in [2.05, 4.69) is 16.8 Å². The zero-order valence-corrected chi connectivity index (χ0v) is 10.3. The van der Waals surface area contributed by atoms with Gasteiger partial charge in [0.15, 0.2) is 6.79 Å². The Bertz CT molecular complexity index is 432. The molecule has 4 nitrogen and oxygen atoms in total. The molecule has 1 saturated carbocycles. The number of aromatic nitrogens is 1. The highest BCUT2D eigenvalue weighted by Crippen LogP contribution is 2.28. The van der Waals surface area contributed by atoms with E-state index < -0.39 is 0 Å². The Kier molecular flexibility index (Phi) is 5.00. The first kappa shape index (κ1) is 12.9. The average Bonchev–Trinajstić information content (AvgIpc) is 3.20. The maximum atomic E-state index is 8.63. The summed E-state index contributed by atoms with van der Waals surface area (Å²) >= 11 is 0. The van der Waals surface area contributed by atoms with E-state index >= 15 is 0 Å². The molecule has 0 unspecified atom stereocenters. The first-order valence-electron chi connectivity index (χ1n) is 6.14. The van der Waals surface area contributed by atoms with Gasteiger partial charge in [0.2, 0.25) is 0 Å². The van der Waals surface area contributed by atoms with E-state index in [0.717, 1.165) is 18.1 Å². The first-order valence-corrected chi connectivity index (χ1v) is 6.14. The number of hydrogen-bond acceptors (Lipinski definition) is 4. The molecule has 1 heterocycles. The summed E-state index contributed by atoms with van der Waals surface area (Å²) in [5.74, 6) is 7.15. The fraction of sp³-hybridized carbons (Fsp3) is 0.500. The number of aliphatic hydroxyl groups is 1. The van der Waals surface area contributed by atoms with Crippen LogP contribution in [0.5, 0.6) is 5.75 Å². The molecule has 1 aromatic rings. The highest BCUT2D eigenvalue weighted by molar-refractivity contribution is 5.36. The Hall–Kier alpha value is -1.57. The third-order valence-electron chi connectivity index (χ3n) is 2.54. The molecule has 1 aliphatic rings. The van der Waals surface area contributed by atoms with Crippen LogP contribution in [0.4, 0.5) is 0 Å². The summed E-state index contributed by atoms with van der Waals surface area (Å²) in [5.41, 5.74) is 0.781. The normalized spacial score (nSPS) is 13.8. The molecule has 1 N–H and O–H groups in total. The van der Waals surface area contributed by atoms with Crippen molar-refractivity contribution in [2.24, 2.45) is 5.92 Å². The molecule has 1 aliphatic carbocycles. The summed E-state index contributed by atoms with van der Waals surface area (Å²) < 4.78 is 10.8. The van der Waals surface area contributed by atoms with Crippen LogP contribution in [0.3, 0.4) is 0 Å². The van der Waals surface area contributed by atoms with Crippen LogP contribution in [0.25, 0.3) is 0 Å². The molecule has 18 heavy (non-hydrogen) atoms. The predicted molar refractivity (Wildman–Crippen MR) is 67.0 cm³/mol. The van der Waals surface area contributed by atoms with Crippen LogP contribution in [-0.4, -0.2) is 30.1 Å². The van der Waals surface area contributed by atoms with E-state index in [9.17, 15) is 0 Å². The van der Waals surface area contributed by atoms with Gasteiger partial charge in [0.05, 0.1) is 19.4 Å². The van der Waals surface area contributed by atoms with Gasteiger partial charge in [-0.15, -0.1) is 0 Å². The van der Waals surface area contributed by atoms with Crippen molar-refractivity contribution in [3.63, 3.8) is 0 Å². The van der Waals surface area contributed by atoms with E-state index in [1.54, 1.807) is 12.4 Å². The SMILES string of the molecule is OCCC#Cc1cncc(OCOCC2CC2)c1. The molecule has 1 fully saturated rings. The Morgan fingerprint density at radius 1 is 1.39 bits per heavy atom. The predicted octanol–water partition coefficient (Wildman–Crippen LogP) is 1.58. The lowest BCUT2D eigenvalue weighted by Gasteiger charge is -2.06. The Morgan fingerprint density at radius 2 is 2.28 bits per heavy atom. The molecule has 96 valence electrons. The van der Waals surface area contributed by atoms with Crippen LogP contribution in [-0.2, 0) is 4.74 Å². The lowest BCUT2D eigenvalue weighted by Crippen LogP contribution is -2.05. The highest BCUT2D eigenvalue weighted by atomic mass is 16.7. The van der Waals surface area contributed by atoms with Crippen molar-refractivity contribution < 1.29 is 14.6 Å². The molecule has 1 aromatic heterocycles. The number of nitrogens with zero attached hydrogens (tertiary/aromatic N) is 1. The monoisotopic (exact) mass is 247 g/mol. The topological polar surface area (TPSA) is 51.6 Å². The maximum absolute atomic E-state index is 8.63. The van der Waals surface area contributed by atoms with Gasteiger partial charge in [-0.3, -0.25) is 4.98 Å². The van der Waals surface area contributed by atoms with Crippen molar-refractivity contribution in [2.75, 3.05) is 20.0 Å². The molecule has 0 radical (unpaired) electrons. The van der Waals surface area contributed by atoms with Crippen molar-refractivity contribution in [1.29, 1.82) is 0 Å². The number of rotatable bonds is 6. The quantitative estimate of drug-likeness (QED) is 0.471. The van der Waals surface area contributed by atoms with Gasteiger partial charge in [-0.05, 0) is 24.8 Å². The molecule has 0 spiro atoms. The fourth-order valence-corrected chi connectivity index (χ4v) is 1.40. The van der Waals surface area contributed by atoms with E-state index in [1.165, 1.54) is 12.8 Å². The molecule has 0 saturated heterocycles. The molecule has 0 aromatic carbocycles. The van der Waals surface area contributed by atoms with Gasteiger partial charge in [0, 0.05) is 18.2 Å². The van der Waals surface area contributed by atoms with Crippen molar-refractivity contribution in [1.82, 2.24) is 4.98 Å². The van der Waals surface area contributed by atoms with Gasteiger partial charge in [0.1, 0.15) is 5.75 Å². The van der Waals surface area contributed by atoms with Gasteiger partial charge in [-0.25, -0.2) is 0 Å². The van der Waals surface area contributed by atoms with Gasteiger partial charge in [-0.2, -0.15) is 0 Å². The maximum Gasteiger partial charge on any atom is 0.189 e. The second-order valence-electron chi connectivity index (χ2n) is 4.26. The van der Waals surface area contributed by atoms with Gasteiger partial charge in [0.25, 0.3) is 0 Å². The lowest BCUT2D eigenvalue weighted by molar-refractivity contribution is 0.00978. The third-order valence-corrected chi connectivity index (χ3v) is 2.54. The summed E-state index contributed by atoms with van der Waals surface area (Å²) in [6, 6.07) is 1.82. The van der Waals surface area contributed by atoms with E-state index in [0.29, 0.717) is 12.2 Å². The minimum absolute atomic E-state index is 0.0750. The summed E-state index contributed by atoms with van der Waals surface area (Å²) in [6.45, 7) is 1.11. The zero-order valence-electron chi connectivity index (χ0n) is 10.3. The minimum atomic E-state index is 0.0750. The summed E-state index contributed by atoms with van der Waals surface area (Å²) in [7, 11) is 0. The van der Waals surface area contributed by atoms with Crippen LogP contribution in [0.1, 0.15) is 24.8 Å². The number of aliphatic hydroxyl groups excluding tert-OH is 1. The van der Waals surface area contributed by atoms with Crippen molar-refractivity contribution in [2.45, 2.75) is 19.3 Å². The molecule has 0 aliphatic heterocycles. The fourth-order valence-electron chi connectivity index (χ4n) is 1.40. The zero-order chi connectivity index (χ0) is 12.6. The van der Waals surface area contributed by atoms with Crippen molar-refractivity contribution in [3.05, 3.63) is 24.0 Å². The molecule has 4 heteroatoms. The molecular formula is C14H17NO3. The lowest BCUT2D eigenvalue weighted by atomic mass is 10.2. The smallest absolute Gasteiger partial charge is 0.189 e. The van der Waals surface area contributed by atoms with Gasteiger partial charge >= 0.3 is 0 Å². The molecule has 0 bridgehead atoms. The second-order valence-corrected chi connectivity index (χ2v) is 4.26. The molecular weight excluding hydrogens is 230 g/mol. The van der Waals surface area contributed by atoms with E-state index in [4.69, 9.17) is 14.6 Å². The summed E-state index contributed by atoms with van der Waals surface area (Å²) in [5, 5.41) is 8.63. The van der Waals surface area contributed by atoms with Crippen LogP contribution < -0.4 is 4.74 Å². The number of hydrogen-bond donors (Lipinski definition) is 1. The van der Waals surface area contributed by atoms with Crippen LogP contribution in [0, 0.1) is 17.8 Å². The molecule has 2 rings (SSSR count). The summed E-state index contributed by atoms with van der Waals surface area (Å²) in [6.07, 6.45) is 6.32. The minimum Gasteiger partial charge on any atom is -0.466 e. The number of pyridine rings is 1. The van der Waals surface area contributed by atoms with Crippen LogP contribution in [0.15, 0.2) is 18.5 Å².